The molecule has 28 heavy (non-hydrogen) atoms. The Hall–Kier alpha value is -3.11. The first kappa shape index (κ1) is 18.3. The number of nitrogens with two attached hydrogens (primary N) is 1. The lowest BCUT2D eigenvalue weighted by molar-refractivity contribution is -0.113. The fourth-order valence-corrected chi connectivity index (χ4v) is 4.36. The van der Waals surface area contributed by atoms with Crippen LogP contribution in [0, 0.1) is 6.92 Å². The van der Waals surface area contributed by atoms with Crippen LogP contribution < -0.4 is 16.7 Å². The molecule has 0 aliphatic rings. The molecule has 1 aromatic carbocycles. The van der Waals surface area contributed by atoms with Gasteiger partial charge in [-0.05, 0) is 12.5 Å². The highest BCUT2D eigenvalue weighted by atomic mass is 32.2. The molecule has 4 rings (SSSR count). The topological polar surface area (TPSA) is 116 Å². The van der Waals surface area contributed by atoms with Gasteiger partial charge in [0.05, 0.1) is 11.1 Å². The monoisotopic (exact) mass is 413 g/mol. The number of thiophene rings is 1. The van der Waals surface area contributed by atoms with Crippen LogP contribution in [0.15, 0.2) is 56.3 Å². The maximum Gasteiger partial charge on any atom is 0.282 e. The number of aromatic nitrogens is 3. The number of thioether (sulfide) groups is 1. The van der Waals surface area contributed by atoms with Gasteiger partial charge in [0.1, 0.15) is 10.6 Å². The number of nitrogens with zero attached hydrogens (tertiary/aromatic N) is 3. The van der Waals surface area contributed by atoms with Gasteiger partial charge in [-0.15, -0.1) is 11.3 Å². The first-order valence-electron chi connectivity index (χ1n) is 8.23. The number of carbonyl (C=O) groups excluding carboxylic acids is 1. The molecule has 10 heteroatoms. The number of hydrogen-bond acceptors (Lipinski definition) is 8. The smallest absolute Gasteiger partial charge is 0.282 e. The van der Waals surface area contributed by atoms with E-state index in [0.29, 0.717) is 21.8 Å². The van der Waals surface area contributed by atoms with E-state index >= 15 is 0 Å². The minimum absolute atomic E-state index is 0.0258. The molecule has 3 aromatic heterocycles. The number of rotatable bonds is 5. The molecule has 0 saturated carbocycles. The van der Waals surface area contributed by atoms with Crippen LogP contribution in [-0.2, 0) is 4.79 Å². The summed E-state index contributed by atoms with van der Waals surface area (Å²) in [4.78, 5) is 29.9. The van der Waals surface area contributed by atoms with E-state index in [1.807, 2.05) is 35.7 Å². The highest BCUT2D eigenvalue weighted by Gasteiger charge is 2.17. The second-order valence-corrected chi connectivity index (χ2v) is 7.73. The van der Waals surface area contributed by atoms with E-state index in [1.165, 1.54) is 11.3 Å². The summed E-state index contributed by atoms with van der Waals surface area (Å²) in [7, 11) is 0. The maximum atomic E-state index is 12.8. The fraction of sp³-hybridized carbons (Fsp3) is 0.111. The van der Waals surface area contributed by atoms with Crippen molar-refractivity contribution in [2.45, 2.75) is 12.1 Å². The second kappa shape index (κ2) is 7.49. The van der Waals surface area contributed by atoms with Crippen molar-refractivity contribution in [3.63, 3.8) is 0 Å². The van der Waals surface area contributed by atoms with Gasteiger partial charge >= 0.3 is 0 Å². The summed E-state index contributed by atoms with van der Waals surface area (Å²) < 4.78 is 5.89. The molecule has 0 radical (unpaired) electrons. The Morgan fingerprint density at radius 1 is 1.36 bits per heavy atom. The van der Waals surface area contributed by atoms with Crippen LogP contribution in [0.25, 0.3) is 21.3 Å². The molecule has 0 unspecified atom stereocenters. The molecule has 8 nitrogen and oxygen atoms in total. The van der Waals surface area contributed by atoms with Crippen molar-refractivity contribution in [1.29, 1.82) is 0 Å². The molecule has 4 aromatic rings. The number of benzene rings is 1. The van der Waals surface area contributed by atoms with Crippen molar-refractivity contribution >= 4 is 45.0 Å². The Balaban J connectivity index is 1.58. The van der Waals surface area contributed by atoms with Gasteiger partial charge in [-0.2, -0.15) is 0 Å². The van der Waals surface area contributed by atoms with Crippen LogP contribution >= 0.6 is 23.1 Å². The minimum atomic E-state index is -0.347. The summed E-state index contributed by atoms with van der Waals surface area (Å²) >= 11 is 2.45. The highest BCUT2D eigenvalue weighted by molar-refractivity contribution is 7.99. The van der Waals surface area contributed by atoms with Crippen LogP contribution in [-0.4, -0.2) is 26.5 Å². The van der Waals surface area contributed by atoms with Crippen LogP contribution in [0.4, 0.5) is 5.82 Å². The number of hydrogen-bond donors (Lipinski definition) is 2. The Bertz CT molecular complexity index is 1210. The predicted molar refractivity (Wildman–Crippen MR) is 110 cm³/mol. The van der Waals surface area contributed by atoms with Crippen molar-refractivity contribution in [3.8, 4) is 11.1 Å². The first-order valence-corrected chi connectivity index (χ1v) is 10.1. The van der Waals surface area contributed by atoms with Crippen molar-refractivity contribution in [3.05, 3.63) is 57.9 Å². The first-order chi connectivity index (χ1) is 13.5. The summed E-state index contributed by atoms with van der Waals surface area (Å²) in [5.74, 6) is 6.62. The Morgan fingerprint density at radius 3 is 2.86 bits per heavy atom. The standard InChI is InChI=1S/C18H15N5O3S2/c1-10-7-13(22-26-10)20-14(24)9-28-18-21-16-15(17(25)23(18)19)12(8-27-16)11-5-3-2-4-6-11/h2-8H,9,19H2,1H3,(H,20,22,24). The number of fused-ring (bicyclic) bond motifs is 1. The number of amides is 1. The fourth-order valence-electron chi connectivity index (χ4n) is 2.65. The third kappa shape index (κ3) is 3.51. The Labute approximate surface area is 167 Å². The molecule has 0 fully saturated rings. The Kier molecular flexibility index (Phi) is 4.88. The lowest BCUT2D eigenvalue weighted by Gasteiger charge is -2.07. The SMILES string of the molecule is Cc1cc(NC(=O)CSc2nc3scc(-c4ccccc4)c3c(=O)n2N)no1. The van der Waals surface area contributed by atoms with Crippen molar-refractivity contribution < 1.29 is 9.32 Å². The molecular weight excluding hydrogens is 398 g/mol. The van der Waals surface area contributed by atoms with Gasteiger partial charge in [0.15, 0.2) is 11.0 Å². The molecule has 0 aliphatic carbocycles. The quantitative estimate of drug-likeness (QED) is 0.294. The van der Waals surface area contributed by atoms with Gasteiger partial charge in [0, 0.05) is 17.0 Å². The zero-order chi connectivity index (χ0) is 19.7. The third-order valence-electron chi connectivity index (χ3n) is 3.92. The van der Waals surface area contributed by atoms with Gasteiger partial charge in [-0.1, -0.05) is 47.3 Å². The van der Waals surface area contributed by atoms with Gasteiger partial charge < -0.3 is 15.7 Å². The van der Waals surface area contributed by atoms with E-state index < -0.39 is 0 Å². The maximum absolute atomic E-state index is 12.8. The normalized spacial score (nSPS) is 11.0. The van der Waals surface area contributed by atoms with E-state index in [1.54, 1.807) is 13.0 Å². The van der Waals surface area contributed by atoms with Crippen molar-refractivity contribution in [2.24, 2.45) is 0 Å². The largest absolute Gasteiger partial charge is 0.360 e. The lowest BCUT2D eigenvalue weighted by atomic mass is 10.1. The number of anilines is 1. The summed E-state index contributed by atoms with van der Waals surface area (Å²) in [6.07, 6.45) is 0. The zero-order valence-electron chi connectivity index (χ0n) is 14.7. The minimum Gasteiger partial charge on any atom is -0.360 e. The predicted octanol–water partition coefficient (Wildman–Crippen LogP) is 2.87. The van der Waals surface area contributed by atoms with E-state index in [2.05, 4.69) is 15.5 Å². The summed E-state index contributed by atoms with van der Waals surface area (Å²) in [6, 6.07) is 11.2. The molecule has 0 spiro atoms. The van der Waals surface area contributed by atoms with Gasteiger partial charge in [-0.3, -0.25) is 9.59 Å². The summed E-state index contributed by atoms with van der Waals surface area (Å²) in [5.41, 5.74) is 1.38. The molecule has 3 N–H and O–H groups in total. The molecular formula is C18H15N5O3S2. The van der Waals surface area contributed by atoms with E-state index in [4.69, 9.17) is 10.4 Å². The van der Waals surface area contributed by atoms with Crippen LogP contribution in [0.3, 0.4) is 0 Å². The summed E-state index contributed by atoms with van der Waals surface area (Å²) in [5, 5.41) is 8.95. The van der Waals surface area contributed by atoms with Crippen molar-refractivity contribution in [2.75, 3.05) is 16.9 Å². The average molecular weight is 413 g/mol. The summed E-state index contributed by atoms with van der Waals surface area (Å²) in [6.45, 7) is 1.73. The molecule has 0 saturated heterocycles. The molecule has 3 heterocycles. The molecule has 0 aliphatic heterocycles. The van der Waals surface area contributed by atoms with Crippen LogP contribution in [0.1, 0.15) is 5.76 Å². The third-order valence-corrected chi connectivity index (χ3v) is 5.75. The molecule has 1 amide bonds. The molecule has 142 valence electrons. The van der Waals surface area contributed by atoms with Gasteiger partial charge in [-0.25, -0.2) is 9.66 Å². The number of nitrogen functional groups attached to an aromatic ring is 1. The van der Waals surface area contributed by atoms with E-state index in [-0.39, 0.29) is 22.4 Å². The zero-order valence-corrected chi connectivity index (χ0v) is 16.3. The number of carbonyl (C=O) groups is 1. The second-order valence-electron chi connectivity index (χ2n) is 5.92. The van der Waals surface area contributed by atoms with E-state index in [9.17, 15) is 9.59 Å². The molecule has 0 bridgehead atoms. The number of nitrogens with one attached hydrogen (secondary N) is 1. The van der Waals surface area contributed by atoms with Crippen molar-refractivity contribution in [1.82, 2.24) is 14.8 Å². The van der Waals surface area contributed by atoms with Gasteiger partial charge in [0.25, 0.3) is 5.56 Å². The average Bonchev–Trinajstić information content (AvgIpc) is 3.30. The number of aryl methyl sites for hydroxylation is 1. The Morgan fingerprint density at radius 2 is 2.14 bits per heavy atom. The lowest BCUT2D eigenvalue weighted by Crippen LogP contribution is -2.30. The van der Waals surface area contributed by atoms with Crippen LogP contribution in [0.5, 0.6) is 0 Å². The van der Waals surface area contributed by atoms with E-state index in [0.717, 1.165) is 27.6 Å². The molecule has 0 atom stereocenters. The van der Waals surface area contributed by atoms with Crippen LogP contribution in [0.2, 0.25) is 0 Å². The highest BCUT2D eigenvalue weighted by Crippen LogP contribution is 2.31. The van der Waals surface area contributed by atoms with Gasteiger partial charge in [0.2, 0.25) is 5.91 Å².